The lowest BCUT2D eigenvalue weighted by atomic mass is 10.0. The minimum Gasteiger partial charge on any atom is -0.467 e. The lowest BCUT2D eigenvalue weighted by Gasteiger charge is -2.24. The molecule has 2 atom stereocenters. The number of hydrogen-bond donors (Lipinski definition) is 0. The fourth-order valence-electron chi connectivity index (χ4n) is 3.22. The second-order valence-corrected chi connectivity index (χ2v) is 5.67. The fourth-order valence-corrected chi connectivity index (χ4v) is 3.22. The largest absolute Gasteiger partial charge is 0.467 e. The van der Waals surface area contributed by atoms with E-state index in [2.05, 4.69) is 6.07 Å². The van der Waals surface area contributed by atoms with E-state index in [4.69, 9.17) is 9.68 Å². The molecule has 4 heteroatoms. The lowest BCUT2D eigenvalue weighted by molar-refractivity contribution is -0.136. The van der Waals surface area contributed by atoms with Gasteiger partial charge in [-0.25, -0.2) is 0 Å². The van der Waals surface area contributed by atoms with Gasteiger partial charge >= 0.3 is 0 Å². The first-order chi connectivity index (χ1) is 9.28. The highest BCUT2D eigenvalue weighted by molar-refractivity contribution is 5.79. The van der Waals surface area contributed by atoms with Gasteiger partial charge in [0.1, 0.15) is 5.76 Å². The Morgan fingerprint density at radius 1 is 1.42 bits per heavy atom. The standard InChI is InChI=1S/C15H18N2O2/c16-4-2-5-17(10-14-3-1-6-19-14)15(18)13-8-11-7-12(11)9-13/h1,3,6,11-13H,2,5,7-10H2. The van der Waals surface area contributed by atoms with Crippen molar-refractivity contribution in [3.05, 3.63) is 24.2 Å². The zero-order valence-corrected chi connectivity index (χ0v) is 10.9. The molecule has 0 spiro atoms. The molecule has 19 heavy (non-hydrogen) atoms. The van der Waals surface area contributed by atoms with E-state index in [9.17, 15) is 4.79 Å². The minimum atomic E-state index is 0.178. The van der Waals surface area contributed by atoms with Crippen LogP contribution in [0.1, 0.15) is 31.4 Å². The average molecular weight is 258 g/mol. The van der Waals surface area contributed by atoms with Gasteiger partial charge < -0.3 is 9.32 Å². The molecular weight excluding hydrogens is 240 g/mol. The summed E-state index contributed by atoms with van der Waals surface area (Å²) in [5, 5.41) is 8.73. The van der Waals surface area contributed by atoms with Crippen LogP contribution in [-0.2, 0) is 11.3 Å². The van der Waals surface area contributed by atoms with Crippen LogP contribution in [0.15, 0.2) is 22.8 Å². The lowest BCUT2D eigenvalue weighted by Crippen LogP contribution is -2.36. The number of nitriles is 1. The number of rotatable bonds is 5. The van der Waals surface area contributed by atoms with Gasteiger partial charge in [-0.15, -0.1) is 0 Å². The first kappa shape index (κ1) is 12.3. The normalized spacial score (nSPS) is 27.6. The van der Waals surface area contributed by atoms with Gasteiger partial charge in [-0.05, 0) is 43.2 Å². The third-order valence-electron chi connectivity index (χ3n) is 4.32. The predicted molar refractivity (Wildman–Crippen MR) is 68.7 cm³/mol. The first-order valence-corrected chi connectivity index (χ1v) is 6.96. The van der Waals surface area contributed by atoms with E-state index in [1.54, 1.807) is 11.2 Å². The molecular formula is C15H18N2O2. The second-order valence-electron chi connectivity index (χ2n) is 5.67. The Morgan fingerprint density at radius 3 is 2.84 bits per heavy atom. The molecule has 3 rings (SSSR count). The summed E-state index contributed by atoms with van der Waals surface area (Å²) < 4.78 is 5.31. The second kappa shape index (κ2) is 5.08. The molecule has 1 aromatic heterocycles. The van der Waals surface area contributed by atoms with Crippen LogP contribution in [0.3, 0.4) is 0 Å². The number of fused-ring (bicyclic) bond motifs is 1. The number of hydrogen-bond acceptors (Lipinski definition) is 3. The maximum Gasteiger partial charge on any atom is 0.226 e. The monoisotopic (exact) mass is 258 g/mol. The van der Waals surface area contributed by atoms with Gasteiger partial charge in [-0.1, -0.05) is 0 Å². The third-order valence-corrected chi connectivity index (χ3v) is 4.32. The van der Waals surface area contributed by atoms with Crippen molar-refractivity contribution in [1.29, 1.82) is 5.26 Å². The molecule has 0 saturated heterocycles. The summed E-state index contributed by atoms with van der Waals surface area (Å²) >= 11 is 0. The third kappa shape index (κ3) is 2.65. The van der Waals surface area contributed by atoms with Crippen LogP contribution in [0.2, 0.25) is 0 Å². The van der Waals surface area contributed by atoms with Crippen molar-refractivity contribution < 1.29 is 9.21 Å². The van der Waals surface area contributed by atoms with Crippen molar-refractivity contribution in [2.24, 2.45) is 17.8 Å². The summed E-state index contributed by atoms with van der Waals surface area (Å²) in [7, 11) is 0. The predicted octanol–water partition coefficient (Wildman–Crippen LogP) is 2.57. The number of nitrogens with zero attached hydrogens (tertiary/aromatic N) is 2. The molecule has 2 aliphatic rings. The fraction of sp³-hybridized carbons (Fsp3) is 0.600. The highest BCUT2D eigenvalue weighted by Gasteiger charge is 2.48. The Kier molecular flexibility index (Phi) is 3.29. The Balaban J connectivity index is 1.63. The summed E-state index contributed by atoms with van der Waals surface area (Å²) in [6.45, 7) is 0.987. The SMILES string of the molecule is N#CCCN(Cc1ccco1)C(=O)C1CC2CC2C1. The number of amides is 1. The molecule has 0 aliphatic heterocycles. The molecule has 2 saturated carbocycles. The van der Waals surface area contributed by atoms with Crippen LogP contribution >= 0.6 is 0 Å². The van der Waals surface area contributed by atoms with Gasteiger partial charge in [-0.2, -0.15) is 5.26 Å². The summed E-state index contributed by atoms with van der Waals surface area (Å²) in [5.74, 6) is 2.77. The highest BCUT2D eigenvalue weighted by Crippen LogP contribution is 2.54. The van der Waals surface area contributed by atoms with Crippen molar-refractivity contribution in [1.82, 2.24) is 4.90 Å². The van der Waals surface area contributed by atoms with Gasteiger partial charge in [-0.3, -0.25) is 4.79 Å². The Hall–Kier alpha value is -1.76. The summed E-state index contributed by atoms with van der Waals surface area (Å²) in [6, 6.07) is 5.82. The zero-order chi connectivity index (χ0) is 13.2. The number of furan rings is 1. The molecule has 2 fully saturated rings. The average Bonchev–Trinajstić information content (AvgIpc) is 2.85. The highest BCUT2D eigenvalue weighted by atomic mass is 16.3. The molecule has 100 valence electrons. The molecule has 4 nitrogen and oxygen atoms in total. The van der Waals surface area contributed by atoms with Gasteiger partial charge in [0.25, 0.3) is 0 Å². The van der Waals surface area contributed by atoms with Crippen molar-refractivity contribution in [2.75, 3.05) is 6.54 Å². The Bertz CT molecular complexity index is 479. The van der Waals surface area contributed by atoms with E-state index in [0.717, 1.165) is 30.4 Å². The van der Waals surface area contributed by atoms with Crippen LogP contribution in [0.25, 0.3) is 0 Å². The first-order valence-electron chi connectivity index (χ1n) is 6.96. The smallest absolute Gasteiger partial charge is 0.226 e. The number of carbonyl (C=O) groups excluding carboxylic acids is 1. The van der Waals surface area contributed by atoms with E-state index >= 15 is 0 Å². The van der Waals surface area contributed by atoms with E-state index in [0.29, 0.717) is 19.5 Å². The van der Waals surface area contributed by atoms with Crippen LogP contribution < -0.4 is 0 Å². The van der Waals surface area contributed by atoms with Crippen molar-refractivity contribution in [3.63, 3.8) is 0 Å². The molecule has 2 unspecified atom stereocenters. The van der Waals surface area contributed by atoms with E-state index in [1.807, 2.05) is 12.1 Å². The van der Waals surface area contributed by atoms with E-state index in [1.165, 1.54) is 6.42 Å². The summed E-state index contributed by atoms with van der Waals surface area (Å²) in [5.41, 5.74) is 0. The molecule has 1 heterocycles. The molecule has 1 amide bonds. The van der Waals surface area contributed by atoms with Crippen LogP contribution in [0.4, 0.5) is 0 Å². The molecule has 0 radical (unpaired) electrons. The van der Waals surface area contributed by atoms with E-state index in [-0.39, 0.29) is 11.8 Å². The Labute approximate surface area is 113 Å². The molecule has 1 aromatic rings. The van der Waals surface area contributed by atoms with E-state index < -0.39 is 0 Å². The van der Waals surface area contributed by atoms with Crippen LogP contribution in [0, 0.1) is 29.1 Å². The maximum absolute atomic E-state index is 12.5. The maximum atomic E-state index is 12.5. The van der Waals surface area contributed by atoms with Crippen LogP contribution in [-0.4, -0.2) is 17.4 Å². The summed E-state index contributed by atoms with van der Waals surface area (Å²) in [6.07, 6.45) is 5.41. The van der Waals surface area contributed by atoms with Gasteiger partial charge in [0.2, 0.25) is 5.91 Å². The van der Waals surface area contributed by atoms with Gasteiger partial charge in [0.15, 0.2) is 0 Å². The van der Waals surface area contributed by atoms with Crippen LogP contribution in [0.5, 0.6) is 0 Å². The molecule has 0 bridgehead atoms. The number of carbonyl (C=O) groups is 1. The van der Waals surface area contributed by atoms with Gasteiger partial charge in [0.05, 0.1) is 25.3 Å². The van der Waals surface area contributed by atoms with Crippen molar-refractivity contribution in [3.8, 4) is 6.07 Å². The van der Waals surface area contributed by atoms with Crippen molar-refractivity contribution >= 4 is 5.91 Å². The summed E-state index contributed by atoms with van der Waals surface area (Å²) in [4.78, 5) is 14.3. The molecule has 0 aromatic carbocycles. The zero-order valence-electron chi connectivity index (χ0n) is 10.9. The quantitative estimate of drug-likeness (QED) is 0.815. The topological polar surface area (TPSA) is 57.2 Å². The molecule has 2 aliphatic carbocycles. The van der Waals surface area contributed by atoms with Crippen molar-refractivity contribution in [2.45, 2.75) is 32.2 Å². The Morgan fingerprint density at radius 2 is 2.21 bits per heavy atom. The van der Waals surface area contributed by atoms with Gasteiger partial charge in [0, 0.05) is 12.5 Å². The molecule has 0 N–H and O–H groups in total. The minimum absolute atomic E-state index is 0.178.